The maximum atomic E-state index is 11.4. The summed E-state index contributed by atoms with van der Waals surface area (Å²) in [6, 6.07) is 0. The van der Waals surface area contributed by atoms with Gasteiger partial charge in [0, 0.05) is 24.7 Å². The Morgan fingerprint density at radius 3 is 2.50 bits per heavy atom. The van der Waals surface area contributed by atoms with Gasteiger partial charge in [0.15, 0.2) is 5.79 Å². The summed E-state index contributed by atoms with van der Waals surface area (Å²) in [5.41, 5.74) is -1.68. The van der Waals surface area contributed by atoms with Crippen molar-refractivity contribution in [2.24, 2.45) is 23.2 Å². The molecule has 3 rings (SSSR count). The van der Waals surface area contributed by atoms with Crippen molar-refractivity contribution in [2.75, 3.05) is 0 Å². The Kier molecular flexibility index (Phi) is 3.45. The van der Waals surface area contributed by atoms with Crippen LogP contribution in [0, 0.1) is 23.2 Å². The molecule has 2 saturated heterocycles. The standard InChI is InChI=1S/C17H28O5/c1-9(2)11-6-7-15(4)13(11)14-16(5,19)12(21-10(3)18)8-17(15,20)22-14/h9,11-14,19-20H,6-8H2,1-5H3. The minimum atomic E-state index is -1.33. The highest BCUT2D eigenvalue weighted by molar-refractivity contribution is 5.66. The Bertz CT molecular complexity index is 487. The lowest BCUT2D eigenvalue weighted by Crippen LogP contribution is -2.60. The van der Waals surface area contributed by atoms with Crippen LogP contribution in [0.4, 0.5) is 0 Å². The van der Waals surface area contributed by atoms with Crippen LogP contribution in [0.3, 0.4) is 0 Å². The third-order valence-corrected chi connectivity index (χ3v) is 6.59. The van der Waals surface area contributed by atoms with Crippen molar-refractivity contribution in [3.63, 3.8) is 0 Å². The Hall–Kier alpha value is -0.650. The molecule has 7 atom stereocenters. The molecule has 3 aliphatic rings. The highest BCUT2D eigenvalue weighted by atomic mass is 16.7. The highest BCUT2D eigenvalue weighted by Gasteiger charge is 2.74. The molecule has 0 aromatic rings. The van der Waals surface area contributed by atoms with E-state index in [1.54, 1.807) is 6.92 Å². The average Bonchev–Trinajstić information content (AvgIpc) is 2.81. The zero-order chi connectivity index (χ0) is 16.5. The molecule has 2 bridgehead atoms. The maximum Gasteiger partial charge on any atom is 0.303 e. The molecule has 0 aromatic heterocycles. The summed E-state index contributed by atoms with van der Waals surface area (Å²) in [6.07, 6.45) is 0.805. The van der Waals surface area contributed by atoms with Crippen LogP contribution in [0.1, 0.15) is 53.9 Å². The van der Waals surface area contributed by atoms with Gasteiger partial charge in [0.25, 0.3) is 0 Å². The fourth-order valence-corrected chi connectivity index (χ4v) is 5.23. The quantitative estimate of drug-likeness (QED) is 0.761. The van der Waals surface area contributed by atoms with Gasteiger partial charge >= 0.3 is 5.97 Å². The van der Waals surface area contributed by atoms with Gasteiger partial charge in [-0.05, 0) is 31.6 Å². The molecule has 0 aromatic carbocycles. The molecule has 2 N–H and O–H groups in total. The van der Waals surface area contributed by atoms with Crippen LogP contribution in [0.5, 0.6) is 0 Å². The van der Waals surface area contributed by atoms with Gasteiger partial charge in [0.1, 0.15) is 11.7 Å². The molecule has 126 valence electrons. The molecular formula is C17H28O5. The van der Waals surface area contributed by atoms with Crippen molar-refractivity contribution in [1.82, 2.24) is 0 Å². The molecular weight excluding hydrogens is 284 g/mol. The summed E-state index contributed by atoms with van der Waals surface area (Å²) in [7, 11) is 0. The van der Waals surface area contributed by atoms with E-state index in [1.165, 1.54) is 6.92 Å². The van der Waals surface area contributed by atoms with Crippen LogP contribution < -0.4 is 0 Å². The number of hydrogen-bond acceptors (Lipinski definition) is 5. The SMILES string of the molecule is CC(=O)OC1CC2(O)OC(C3C(C(C)C)CCC32C)C1(C)O. The topological polar surface area (TPSA) is 76.0 Å². The van der Waals surface area contributed by atoms with E-state index in [2.05, 4.69) is 20.8 Å². The van der Waals surface area contributed by atoms with E-state index in [1.807, 2.05) is 0 Å². The largest absolute Gasteiger partial charge is 0.459 e. The third-order valence-electron chi connectivity index (χ3n) is 6.59. The first-order valence-corrected chi connectivity index (χ1v) is 8.33. The van der Waals surface area contributed by atoms with E-state index < -0.39 is 35.0 Å². The summed E-state index contributed by atoms with van der Waals surface area (Å²) in [5.74, 6) is -0.833. The number of carbonyl (C=O) groups excluding carboxylic acids is 1. The Balaban J connectivity index is 2.02. The van der Waals surface area contributed by atoms with Crippen LogP contribution in [0.2, 0.25) is 0 Å². The van der Waals surface area contributed by atoms with Gasteiger partial charge in [-0.1, -0.05) is 20.8 Å². The molecule has 0 radical (unpaired) electrons. The number of fused-ring (bicyclic) bond motifs is 5. The summed E-state index contributed by atoms with van der Waals surface area (Å²) in [6.45, 7) is 9.43. The molecule has 0 amide bonds. The van der Waals surface area contributed by atoms with Gasteiger partial charge in [-0.3, -0.25) is 4.79 Å². The van der Waals surface area contributed by atoms with Crippen LogP contribution in [0.25, 0.3) is 0 Å². The summed E-state index contributed by atoms with van der Waals surface area (Å²) in [5, 5.41) is 22.2. The molecule has 2 heterocycles. The normalized spacial score (nSPS) is 53.6. The molecule has 5 heteroatoms. The Labute approximate surface area is 132 Å². The fraction of sp³-hybridized carbons (Fsp3) is 0.941. The first-order valence-electron chi connectivity index (χ1n) is 8.33. The Morgan fingerprint density at radius 2 is 1.95 bits per heavy atom. The smallest absolute Gasteiger partial charge is 0.303 e. The first-order chi connectivity index (χ1) is 10.0. The number of carbonyl (C=O) groups is 1. The average molecular weight is 312 g/mol. The zero-order valence-corrected chi connectivity index (χ0v) is 14.1. The summed E-state index contributed by atoms with van der Waals surface area (Å²) >= 11 is 0. The second-order valence-electron chi connectivity index (χ2n) is 8.24. The molecule has 1 aliphatic carbocycles. The molecule has 2 aliphatic heterocycles. The zero-order valence-electron chi connectivity index (χ0n) is 14.1. The van der Waals surface area contributed by atoms with Crippen molar-refractivity contribution in [2.45, 2.75) is 77.5 Å². The van der Waals surface area contributed by atoms with E-state index in [-0.39, 0.29) is 12.3 Å². The predicted molar refractivity (Wildman–Crippen MR) is 79.8 cm³/mol. The monoisotopic (exact) mass is 312 g/mol. The van der Waals surface area contributed by atoms with E-state index in [4.69, 9.17) is 9.47 Å². The van der Waals surface area contributed by atoms with Crippen LogP contribution in [0.15, 0.2) is 0 Å². The lowest BCUT2D eigenvalue weighted by atomic mass is 9.69. The van der Waals surface area contributed by atoms with Crippen LogP contribution >= 0.6 is 0 Å². The van der Waals surface area contributed by atoms with Crippen molar-refractivity contribution in [3.05, 3.63) is 0 Å². The van der Waals surface area contributed by atoms with Gasteiger partial charge in [0.2, 0.25) is 0 Å². The van der Waals surface area contributed by atoms with Gasteiger partial charge < -0.3 is 19.7 Å². The minimum Gasteiger partial charge on any atom is -0.459 e. The number of esters is 1. The second-order valence-corrected chi connectivity index (χ2v) is 8.24. The predicted octanol–water partition coefficient (Wildman–Crippen LogP) is 1.85. The second kappa shape index (κ2) is 4.68. The van der Waals surface area contributed by atoms with Gasteiger partial charge in [-0.15, -0.1) is 0 Å². The van der Waals surface area contributed by atoms with E-state index in [0.717, 1.165) is 12.8 Å². The van der Waals surface area contributed by atoms with Gasteiger partial charge in [-0.25, -0.2) is 0 Å². The third kappa shape index (κ3) is 1.91. The lowest BCUT2D eigenvalue weighted by molar-refractivity contribution is -0.316. The highest BCUT2D eigenvalue weighted by Crippen LogP contribution is 2.67. The van der Waals surface area contributed by atoms with Crippen LogP contribution in [-0.4, -0.2) is 39.8 Å². The Morgan fingerprint density at radius 1 is 1.32 bits per heavy atom. The number of rotatable bonds is 2. The number of aliphatic hydroxyl groups is 2. The number of hydrogen-bond donors (Lipinski definition) is 2. The van der Waals surface area contributed by atoms with E-state index >= 15 is 0 Å². The van der Waals surface area contributed by atoms with E-state index in [9.17, 15) is 15.0 Å². The lowest BCUT2D eigenvalue weighted by Gasteiger charge is -2.46. The van der Waals surface area contributed by atoms with Gasteiger partial charge in [-0.2, -0.15) is 0 Å². The van der Waals surface area contributed by atoms with E-state index in [0.29, 0.717) is 11.8 Å². The number of ether oxygens (including phenoxy) is 2. The van der Waals surface area contributed by atoms with Gasteiger partial charge in [0.05, 0.1) is 6.10 Å². The molecule has 7 unspecified atom stereocenters. The maximum absolute atomic E-state index is 11.4. The molecule has 0 spiro atoms. The summed E-state index contributed by atoms with van der Waals surface area (Å²) in [4.78, 5) is 11.4. The molecule has 1 saturated carbocycles. The van der Waals surface area contributed by atoms with Crippen molar-refractivity contribution in [1.29, 1.82) is 0 Å². The van der Waals surface area contributed by atoms with Crippen LogP contribution in [-0.2, 0) is 14.3 Å². The molecule has 22 heavy (non-hydrogen) atoms. The first kappa shape index (κ1) is 16.2. The van der Waals surface area contributed by atoms with Crippen molar-refractivity contribution >= 4 is 5.97 Å². The minimum absolute atomic E-state index is 0.0769. The molecule has 3 fully saturated rings. The van der Waals surface area contributed by atoms with Crippen molar-refractivity contribution < 1.29 is 24.5 Å². The molecule has 5 nitrogen and oxygen atoms in total. The fourth-order valence-electron chi connectivity index (χ4n) is 5.23. The summed E-state index contributed by atoms with van der Waals surface area (Å²) < 4.78 is 11.3. The van der Waals surface area contributed by atoms with Crippen molar-refractivity contribution in [3.8, 4) is 0 Å².